The Labute approximate surface area is 178 Å². The van der Waals surface area contributed by atoms with E-state index in [2.05, 4.69) is 9.88 Å². The van der Waals surface area contributed by atoms with Gasteiger partial charge in [-0.1, -0.05) is 29.8 Å². The van der Waals surface area contributed by atoms with E-state index in [1.165, 1.54) is 13.5 Å². The van der Waals surface area contributed by atoms with Gasteiger partial charge in [-0.15, -0.1) is 0 Å². The van der Waals surface area contributed by atoms with E-state index in [0.717, 1.165) is 5.69 Å². The van der Waals surface area contributed by atoms with Crippen LogP contribution in [-0.4, -0.2) is 55.0 Å². The minimum Gasteiger partial charge on any atom is -0.464 e. The molecule has 0 N–H and O–H groups in total. The first-order valence-corrected chi connectivity index (χ1v) is 9.87. The molecule has 2 heterocycles. The first kappa shape index (κ1) is 20.0. The van der Waals surface area contributed by atoms with Crippen LogP contribution >= 0.6 is 11.6 Å². The molecular weight excluding hydrogens is 406 g/mol. The number of hydrogen-bond acceptors (Lipinski definition) is 6. The Hall–Kier alpha value is -3.32. The lowest BCUT2D eigenvalue weighted by Crippen LogP contribution is -2.48. The molecule has 154 valence electrons. The highest BCUT2D eigenvalue weighted by Gasteiger charge is 2.27. The van der Waals surface area contributed by atoms with Crippen molar-refractivity contribution in [2.45, 2.75) is 0 Å². The maximum atomic E-state index is 13.3. The number of methoxy groups -OCH3 is 1. The summed E-state index contributed by atoms with van der Waals surface area (Å²) in [5.74, 6) is -0.503. The van der Waals surface area contributed by atoms with E-state index in [4.69, 9.17) is 20.8 Å². The first-order chi connectivity index (χ1) is 14.6. The molecule has 3 aromatic rings. The molecule has 1 amide bonds. The topological polar surface area (TPSA) is 75.9 Å². The van der Waals surface area contributed by atoms with Crippen LogP contribution in [0.5, 0.6) is 0 Å². The highest BCUT2D eigenvalue weighted by molar-refractivity contribution is 6.30. The summed E-state index contributed by atoms with van der Waals surface area (Å²) >= 11 is 5.97. The molecule has 0 radical (unpaired) electrons. The zero-order valence-electron chi connectivity index (χ0n) is 16.4. The average molecular weight is 426 g/mol. The van der Waals surface area contributed by atoms with E-state index in [9.17, 15) is 9.59 Å². The van der Waals surface area contributed by atoms with Crippen LogP contribution in [0.2, 0.25) is 5.02 Å². The molecule has 8 heteroatoms. The summed E-state index contributed by atoms with van der Waals surface area (Å²) in [5.41, 5.74) is 2.10. The highest BCUT2D eigenvalue weighted by Crippen LogP contribution is 2.29. The molecule has 7 nitrogen and oxygen atoms in total. The Balaban J connectivity index is 1.53. The van der Waals surface area contributed by atoms with Crippen molar-refractivity contribution in [3.05, 3.63) is 71.2 Å². The van der Waals surface area contributed by atoms with Crippen LogP contribution in [0.1, 0.15) is 20.8 Å². The number of nitrogens with zero attached hydrogens (tertiary/aromatic N) is 3. The molecule has 1 fully saturated rings. The minimum atomic E-state index is -0.613. The summed E-state index contributed by atoms with van der Waals surface area (Å²) < 4.78 is 10.2. The molecule has 0 spiro atoms. The van der Waals surface area contributed by atoms with Gasteiger partial charge in [0.05, 0.1) is 12.7 Å². The standard InChI is InChI=1S/C22H20ClN3O4/c1-29-22(28)19-20(30-14-24-19)17-4-2-3-5-18(17)21(27)26-12-10-25(11-13-26)16-8-6-15(23)7-9-16/h2-9,14H,10-13H2,1H3. The summed E-state index contributed by atoms with van der Waals surface area (Å²) in [5, 5.41) is 0.697. The smallest absolute Gasteiger partial charge is 0.360 e. The van der Waals surface area contributed by atoms with Crippen molar-refractivity contribution in [2.24, 2.45) is 0 Å². The molecule has 0 saturated carbocycles. The third-order valence-corrected chi connectivity index (χ3v) is 5.36. The fourth-order valence-electron chi connectivity index (χ4n) is 3.54. The van der Waals surface area contributed by atoms with Crippen LogP contribution in [-0.2, 0) is 4.74 Å². The van der Waals surface area contributed by atoms with Gasteiger partial charge in [0.2, 0.25) is 0 Å². The lowest BCUT2D eigenvalue weighted by molar-refractivity contribution is 0.0594. The molecule has 30 heavy (non-hydrogen) atoms. The van der Waals surface area contributed by atoms with E-state index in [1.54, 1.807) is 29.2 Å². The number of rotatable bonds is 4. The van der Waals surface area contributed by atoms with Gasteiger partial charge < -0.3 is 19.0 Å². The SMILES string of the molecule is COC(=O)c1ncoc1-c1ccccc1C(=O)N1CCN(c2ccc(Cl)cc2)CC1. The number of esters is 1. The number of amides is 1. The molecule has 0 aliphatic carbocycles. The Morgan fingerprint density at radius 3 is 2.43 bits per heavy atom. The summed E-state index contributed by atoms with van der Waals surface area (Å²) in [7, 11) is 1.28. The molecule has 1 aliphatic rings. The van der Waals surface area contributed by atoms with Gasteiger partial charge >= 0.3 is 5.97 Å². The summed E-state index contributed by atoms with van der Waals surface area (Å²) in [6.07, 6.45) is 1.17. The second kappa shape index (κ2) is 8.59. The zero-order valence-corrected chi connectivity index (χ0v) is 17.1. The average Bonchev–Trinajstić information content (AvgIpc) is 3.28. The molecule has 1 saturated heterocycles. The molecule has 2 aromatic carbocycles. The number of carbonyl (C=O) groups is 2. The Morgan fingerprint density at radius 1 is 1.03 bits per heavy atom. The van der Waals surface area contributed by atoms with E-state index >= 15 is 0 Å². The van der Waals surface area contributed by atoms with Crippen LogP contribution in [0.15, 0.2) is 59.3 Å². The summed E-state index contributed by atoms with van der Waals surface area (Å²) in [6.45, 7) is 2.59. The monoisotopic (exact) mass is 425 g/mol. The number of anilines is 1. The molecule has 1 aliphatic heterocycles. The van der Waals surface area contributed by atoms with Crippen molar-refractivity contribution < 1.29 is 18.7 Å². The van der Waals surface area contributed by atoms with Crippen molar-refractivity contribution in [3.63, 3.8) is 0 Å². The van der Waals surface area contributed by atoms with E-state index in [0.29, 0.717) is 42.3 Å². The largest absolute Gasteiger partial charge is 0.464 e. The fraction of sp³-hybridized carbons (Fsp3) is 0.227. The minimum absolute atomic E-state index is 0.0466. The van der Waals surface area contributed by atoms with Crippen LogP contribution < -0.4 is 4.90 Å². The second-order valence-electron chi connectivity index (χ2n) is 6.82. The molecule has 1 aromatic heterocycles. The highest BCUT2D eigenvalue weighted by atomic mass is 35.5. The summed E-state index contributed by atoms with van der Waals surface area (Å²) in [4.78, 5) is 33.2. The number of ether oxygens (including phenoxy) is 1. The van der Waals surface area contributed by atoms with Gasteiger partial charge in [0.1, 0.15) is 0 Å². The van der Waals surface area contributed by atoms with E-state index in [-0.39, 0.29) is 17.4 Å². The van der Waals surface area contributed by atoms with E-state index < -0.39 is 5.97 Å². The Morgan fingerprint density at radius 2 is 1.73 bits per heavy atom. The fourth-order valence-corrected chi connectivity index (χ4v) is 3.66. The number of benzene rings is 2. The maximum Gasteiger partial charge on any atom is 0.360 e. The van der Waals surface area contributed by atoms with Crippen molar-refractivity contribution in [1.29, 1.82) is 0 Å². The van der Waals surface area contributed by atoms with Crippen molar-refractivity contribution in [2.75, 3.05) is 38.2 Å². The Bertz CT molecular complexity index is 1060. The van der Waals surface area contributed by atoms with E-state index in [1.807, 2.05) is 24.3 Å². The molecule has 0 unspecified atom stereocenters. The molecule has 0 bridgehead atoms. The van der Waals surface area contributed by atoms with Gasteiger partial charge in [-0.3, -0.25) is 4.79 Å². The number of aromatic nitrogens is 1. The van der Waals surface area contributed by atoms with Crippen LogP contribution in [0.3, 0.4) is 0 Å². The van der Waals surface area contributed by atoms with Gasteiger partial charge in [-0.2, -0.15) is 0 Å². The molecule has 0 atom stereocenters. The first-order valence-electron chi connectivity index (χ1n) is 9.49. The number of halogens is 1. The van der Waals surface area contributed by atoms with Crippen molar-refractivity contribution in [3.8, 4) is 11.3 Å². The quantitative estimate of drug-likeness (QED) is 0.593. The lowest BCUT2D eigenvalue weighted by atomic mass is 10.0. The predicted octanol–water partition coefficient (Wildman–Crippen LogP) is 3.74. The van der Waals surface area contributed by atoms with Gasteiger partial charge in [0.25, 0.3) is 5.91 Å². The lowest BCUT2D eigenvalue weighted by Gasteiger charge is -2.36. The van der Waals surface area contributed by atoms with Gasteiger partial charge in [0.15, 0.2) is 17.8 Å². The number of piperazine rings is 1. The number of hydrogen-bond donors (Lipinski definition) is 0. The van der Waals surface area contributed by atoms with Crippen molar-refractivity contribution >= 4 is 29.2 Å². The third-order valence-electron chi connectivity index (χ3n) is 5.11. The van der Waals surface area contributed by atoms with Crippen LogP contribution in [0.4, 0.5) is 5.69 Å². The number of carbonyl (C=O) groups excluding carboxylic acids is 2. The van der Waals surface area contributed by atoms with Crippen LogP contribution in [0.25, 0.3) is 11.3 Å². The second-order valence-corrected chi connectivity index (χ2v) is 7.26. The third kappa shape index (κ3) is 3.89. The van der Waals surface area contributed by atoms with Gasteiger partial charge in [-0.25, -0.2) is 9.78 Å². The maximum absolute atomic E-state index is 13.3. The number of oxazole rings is 1. The zero-order chi connectivity index (χ0) is 21.1. The molecular formula is C22H20ClN3O4. The Kier molecular flexibility index (Phi) is 5.72. The van der Waals surface area contributed by atoms with Crippen molar-refractivity contribution in [1.82, 2.24) is 9.88 Å². The van der Waals surface area contributed by atoms with Gasteiger partial charge in [0, 0.05) is 42.5 Å². The normalized spacial score (nSPS) is 13.9. The molecule has 4 rings (SSSR count). The predicted molar refractivity (Wildman–Crippen MR) is 113 cm³/mol. The van der Waals surface area contributed by atoms with Crippen LogP contribution in [0, 0.1) is 0 Å². The summed E-state index contributed by atoms with van der Waals surface area (Å²) in [6, 6.07) is 14.7. The van der Waals surface area contributed by atoms with Gasteiger partial charge in [-0.05, 0) is 30.3 Å².